The van der Waals surface area contributed by atoms with Gasteiger partial charge in [-0.05, 0) is 49.4 Å². The lowest BCUT2D eigenvalue weighted by molar-refractivity contribution is -0.144. The normalized spacial score (nSPS) is 11.8. The minimum absolute atomic E-state index is 0.0424. The average Bonchev–Trinajstić information content (AvgIpc) is 3.18. The number of carboxylic acids is 1. The number of hydrogen-bond donors (Lipinski definition) is 5. The SMILES string of the molecule is CCOC(=O)CC[C@H](NC(=O)c1ccc(CCc2c[nH]c3nc(N)[nH]c(=O)c23)cc1)C(=O)O. The van der Waals surface area contributed by atoms with Crippen molar-refractivity contribution in [2.45, 2.75) is 38.6 Å². The molecule has 0 saturated heterocycles. The molecule has 0 radical (unpaired) electrons. The maximum absolute atomic E-state index is 12.4. The summed E-state index contributed by atoms with van der Waals surface area (Å²) in [6.07, 6.45) is 2.71. The molecule has 6 N–H and O–H groups in total. The summed E-state index contributed by atoms with van der Waals surface area (Å²) < 4.78 is 4.79. The van der Waals surface area contributed by atoms with E-state index in [0.717, 1.165) is 11.1 Å². The summed E-state index contributed by atoms with van der Waals surface area (Å²) in [5, 5.41) is 12.2. The molecule has 0 unspecified atom stereocenters. The van der Waals surface area contributed by atoms with E-state index in [-0.39, 0.29) is 31.0 Å². The molecule has 1 atom stereocenters. The summed E-state index contributed by atoms with van der Waals surface area (Å²) in [5.74, 6) is -2.25. The van der Waals surface area contributed by atoms with Crippen molar-refractivity contribution < 1.29 is 24.2 Å². The standard InChI is InChI=1S/C22H25N5O6/c1-2-33-16(28)10-9-15(21(31)32)25-19(29)13-6-3-12(4-7-13)5-8-14-11-24-18-17(14)20(30)27-22(23)26-18/h3-4,6-7,11,15H,2,5,8-10H2,1H3,(H,25,29)(H,31,32)(H4,23,24,26,27,30)/t15-/m0/s1. The zero-order chi connectivity index (χ0) is 24.0. The number of nitrogens with zero attached hydrogens (tertiary/aromatic N) is 1. The van der Waals surface area contributed by atoms with Gasteiger partial charge in [-0.1, -0.05) is 12.1 Å². The second-order valence-corrected chi connectivity index (χ2v) is 7.39. The summed E-state index contributed by atoms with van der Waals surface area (Å²) in [7, 11) is 0. The molecule has 3 rings (SSSR count). The number of carbonyl (C=O) groups is 3. The van der Waals surface area contributed by atoms with Gasteiger partial charge in [0.05, 0.1) is 12.0 Å². The second-order valence-electron chi connectivity index (χ2n) is 7.39. The molecule has 1 aromatic carbocycles. The number of aryl methyl sites for hydroxylation is 2. The number of carboxylic acid groups (broad SMARTS) is 1. The highest BCUT2D eigenvalue weighted by molar-refractivity contribution is 5.96. The van der Waals surface area contributed by atoms with Crippen molar-refractivity contribution in [1.29, 1.82) is 0 Å². The van der Waals surface area contributed by atoms with Crippen LogP contribution in [-0.2, 0) is 27.2 Å². The number of H-pyrrole nitrogens is 2. The van der Waals surface area contributed by atoms with Crippen molar-refractivity contribution in [2.75, 3.05) is 12.3 Å². The number of nitrogens with two attached hydrogens (primary N) is 1. The Morgan fingerprint density at radius 1 is 1.21 bits per heavy atom. The molecule has 0 saturated carbocycles. The van der Waals surface area contributed by atoms with E-state index in [9.17, 15) is 24.3 Å². The quantitative estimate of drug-likeness (QED) is 0.282. The zero-order valence-corrected chi connectivity index (χ0v) is 18.0. The van der Waals surface area contributed by atoms with E-state index < -0.39 is 23.9 Å². The van der Waals surface area contributed by atoms with Gasteiger partial charge in [0.1, 0.15) is 11.7 Å². The van der Waals surface area contributed by atoms with Crippen LogP contribution in [0.25, 0.3) is 11.0 Å². The molecule has 2 aromatic heterocycles. The molecule has 33 heavy (non-hydrogen) atoms. The number of rotatable bonds is 10. The Balaban J connectivity index is 1.60. The van der Waals surface area contributed by atoms with E-state index in [1.54, 1.807) is 37.4 Å². The van der Waals surface area contributed by atoms with Gasteiger partial charge in [0.15, 0.2) is 0 Å². The molecule has 0 fully saturated rings. The van der Waals surface area contributed by atoms with Gasteiger partial charge in [0.25, 0.3) is 11.5 Å². The molecular formula is C22H25N5O6. The maximum atomic E-state index is 12.4. The Labute approximate surface area is 188 Å². The van der Waals surface area contributed by atoms with Crippen LogP contribution in [0, 0.1) is 0 Å². The van der Waals surface area contributed by atoms with Crippen LogP contribution in [0.2, 0.25) is 0 Å². The van der Waals surface area contributed by atoms with Gasteiger partial charge in [-0.25, -0.2) is 4.79 Å². The summed E-state index contributed by atoms with van der Waals surface area (Å²) in [5.41, 5.74) is 7.69. The van der Waals surface area contributed by atoms with Crippen LogP contribution in [0.3, 0.4) is 0 Å². The zero-order valence-electron chi connectivity index (χ0n) is 18.0. The Hall–Kier alpha value is -4.15. The van der Waals surface area contributed by atoms with E-state index in [0.29, 0.717) is 29.4 Å². The number of hydrogen-bond acceptors (Lipinski definition) is 7. The third-order valence-electron chi connectivity index (χ3n) is 5.09. The number of aliphatic carboxylic acids is 1. The number of benzene rings is 1. The van der Waals surface area contributed by atoms with Crippen molar-refractivity contribution in [1.82, 2.24) is 20.3 Å². The molecule has 0 aliphatic carbocycles. The molecule has 174 valence electrons. The molecule has 0 bridgehead atoms. The van der Waals surface area contributed by atoms with Crippen LogP contribution in [0.4, 0.5) is 5.95 Å². The Kier molecular flexibility index (Phi) is 7.44. The Bertz CT molecular complexity index is 1210. The monoisotopic (exact) mass is 455 g/mol. The molecule has 0 spiro atoms. The van der Waals surface area contributed by atoms with Crippen molar-refractivity contribution in [3.8, 4) is 0 Å². The van der Waals surface area contributed by atoms with Crippen molar-refractivity contribution in [3.05, 3.63) is 57.5 Å². The van der Waals surface area contributed by atoms with Crippen LogP contribution >= 0.6 is 0 Å². The van der Waals surface area contributed by atoms with Gasteiger partial charge in [0, 0.05) is 18.2 Å². The number of ether oxygens (including phenoxy) is 1. The number of nitrogen functional groups attached to an aromatic ring is 1. The van der Waals surface area contributed by atoms with Crippen molar-refractivity contribution in [2.24, 2.45) is 0 Å². The first-order chi connectivity index (χ1) is 15.8. The number of carbonyl (C=O) groups excluding carboxylic acids is 2. The van der Waals surface area contributed by atoms with Gasteiger partial charge in [-0.3, -0.25) is 19.4 Å². The minimum atomic E-state index is -1.23. The van der Waals surface area contributed by atoms with Gasteiger partial charge >= 0.3 is 11.9 Å². The highest BCUT2D eigenvalue weighted by Gasteiger charge is 2.22. The van der Waals surface area contributed by atoms with Gasteiger partial charge in [-0.15, -0.1) is 0 Å². The lowest BCUT2D eigenvalue weighted by atomic mass is 10.0. The van der Waals surface area contributed by atoms with Crippen molar-refractivity contribution >= 4 is 34.8 Å². The van der Waals surface area contributed by atoms with E-state index in [1.807, 2.05) is 0 Å². The number of anilines is 1. The van der Waals surface area contributed by atoms with E-state index >= 15 is 0 Å². The number of aromatic amines is 2. The second kappa shape index (κ2) is 10.4. The molecule has 1 amide bonds. The topological polar surface area (TPSA) is 180 Å². The summed E-state index contributed by atoms with van der Waals surface area (Å²) in [6.45, 7) is 1.86. The predicted octanol–water partition coefficient (Wildman–Crippen LogP) is 1.14. The van der Waals surface area contributed by atoms with Gasteiger partial charge in [-0.2, -0.15) is 4.98 Å². The van der Waals surface area contributed by atoms with Crippen molar-refractivity contribution in [3.63, 3.8) is 0 Å². The lowest BCUT2D eigenvalue weighted by Crippen LogP contribution is -2.41. The van der Waals surface area contributed by atoms with Crippen LogP contribution in [-0.4, -0.2) is 50.6 Å². The predicted molar refractivity (Wildman–Crippen MR) is 120 cm³/mol. The first kappa shape index (κ1) is 23.5. The van der Waals surface area contributed by atoms with Crippen LogP contribution in [0.5, 0.6) is 0 Å². The molecule has 11 heteroatoms. The number of amides is 1. The average molecular weight is 455 g/mol. The summed E-state index contributed by atoms with van der Waals surface area (Å²) in [6, 6.07) is 5.51. The fourth-order valence-electron chi connectivity index (χ4n) is 3.41. The number of aromatic nitrogens is 3. The Morgan fingerprint density at radius 3 is 2.61 bits per heavy atom. The fraction of sp³-hybridized carbons (Fsp3) is 0.318. The summed E-state index contributed by atoms with van der Waals surface area (Å²) >= 11 is 0. The molecular weight excluding hydrogens is 430 g/mol. The van der Waals surface area contributed by atoms with E-state index in [2.05, 4.69) is 20.3 Å². The fourth-order valence-corrected chi connectivity index (χ4v) is 3.41. The Morgan fingerprint density at radius 2 is 1.94 bits per heavy atom. The van der Waals surface area contributed by atoms with Crippen LogP contribution in [0.15, 0.2) is 35.3 Å². The first-order valence-electron chi connectivity index (χ1n) is 10.4. The van der Waals surface area contributed by atoms with E-state index in [4.69, 9.17) is 10.5 Å². The molecule has 11 nitrogen and oxygen atoms in total. The third-order valence-corrected chi connectivity index (χ3v) is 5.09. The van der Waals surface area contributed by atoms with Gasteiger partial charge < -0.3 is 25.9 Å². The molecule has 2 heterocycles. The highest BCUT2D eigenvalue weighted by Crippen LogP contribution is 2.16. The van der Waals surface area contributed by atoms with Crippen LogP contribution in [0.1, 0.15) is 41.3 Å². The van der Waals surface area contributed by atoms with Crippen LogP contribution < -0.4 is 16.6 Å². The minimum Gasteiger partial charge on any atom is -0.480 e. The first-order valence-corrected chi connectivity index (χ1v) is 10.4. The summed E-state index contributed by atoms with van der Waals surface area (Å²) in [4.78, 5) is 57.0. The lowest BCUT2D eigenvalue weighted by Gasteiger charge is -2.14. The molecule has 0 aliphatic heterocycles. The number of esters is 1. The third kappa shape index (κ3) is 5.97. The molecule has 0 aliphatic rings. The molecule has 3 aromatic rings. The van der Waals surface area contributed by atoms with E-state index in [1.165, 1.54) is 0 Å². The maximum Gasteiger partial charge on any atom is 0.326 e. The number of nitrogens with one attached hydrogen (secondary N) is 3. The number of fused-ring (bicyclic) bond motifs is 1. The largest absolute Gasteiger partial charge is 0.480 e. The highest BCUT2D eigenvalue weighted by atomic mass is 16.5. The smallest absolute Gasteiger partial charge is 0.326 e. The van der Waals surface area contributed by atoms with Gasteiger partial charge in [0.2, 0.25) is 5.95 Å².